The number of rotatable bonds is 5. The van der Waals surface area contributed by atoms with Crippen LogP contribution in [-0.4, -0.2) is 18.8 Å². The highest BCUT2D eigenvalue weighted by Crippen LogP contribution is 2.42. The molecule has 1 atom stereocenters. The molecule has 0 aliphatic heterocycles. The first-order valence-corrected chi connectivity index (χ1v) is 6.17. The van der Waals surface area contributed by atoms with Crippen molar-refractivity contribution in [2.24, 2.45) is 5.41 Å². The van der Waals surface area contributed by atoms with E-state index in [1.807, 2.05) is 6.92 Å². The van der Waals surface area contributed by atoms with Crippen molar-refractivity contribution in [3.63, 3.8) is 0 Å². The van der Waals surface area contributed by atoms with Gasteiger partial charge >= 0.3 is 6.18 Å². The van der Waals surface area contributed by atoms with Crippen molar-refractivity contribution in [2.75, 3.05) is 6.54 Å². The minimum absolute atomic E-state index is 0.0154. The highest BCUT2D eigenvalue weighted by atomic mass is 19.4. The van der Waals surface area contributed by atoms with Crippen LogP contribution in [0.15, 0.2) is 0 Å². The first-order valence-electron chi connectivity index (χ1n) is 6.17. The Hall–Kier alpha value is -0.250. The number of hydrogen-bond donors (Lipinski definition) is 1. The number of halogens is 3. The van der Waals surface area contributed by atoms with E-state index in [2.05, 4.69) is 12.2 Å². The normalized spacial score (nSPS) is 22.3. The molecule has 1 saturated carbocycles. The maximum absolute atomic E-state index is 12.2. The van der Waals surface area contributed by atoms with Crippen molar-refractivity contribution in [3.05, 3.63) is 0 Å². The average Bonchev–Trinajstić information content (AvgIpc) is 2.59. The van der Waals surface area contributed by atoms with E-state index in [0.717, 1.165) is 32.2 Å². The summed E-state index contributed by atoms with van der Waals surface area (Å²) in [6, 6.07) is 0.0154. The van der Waals surface area contributed by atoms with E-state index < -0.39 is 12.6 Å². The summed E-state index contributed by atoms with van der Waals surface area (Å²) in [7, 11) is 0. The van der Waals surface area contributed by atoms with Gasteiger partial charge in [-0.05, 0) is 31.2 Å². The largest absolute Gasteiger partial charge is 0.389 e. The molecule has 16 heavy (non-hydrogen) atoms. The smallest absolute Gasteiger partial charge is 0.314 e. The van der Waals surface area contributed by atoms with Crippen LogP contribution in [0.2, 0.25) is 0 Å². The summed E-state index contributed by atoms with van der Waals surface area (Å²) in [5, 5.41) is 3.24. The fraction of sp³-hybridized carbons (Fsp3) is 1.00. The standard InChI is InChI=1S/C12H22F3N/c1-3-16-10(6-9-12(13,14)15)11(2)7-4-5-8-11/h10,16H,3-9H2,1-2H3. The third kappa shape index (κ3) is 3.96. The second-order valence-electron chi connectivity index (χ2n) is 5.13. The lowest BCUT2D eigenvalue weighted by atomic mass is 9.78. The highest BCUT2D eigenvalue weighted by molar-refractivity contribution is 4.91. The number of hydrogen-bond acceptors (Lipinski definition) is 1. The Balaban J connectivity index is 2.53. The molecule has 1 rings (SSSR count). The van der Waals surface area contributed by atoms with E-state index >= 15 is 0 Å². The highest BCUT2D eigenvalue weighted by Gasteiger charge is 2.38. The zero-order valence-corrected chi connectivity index (χ0v) is 10.2. The van der Waals surface area contributed by atoms with Gasteiger partial charge in [-0.2, -0.15) is 13.2 Å². The van der Waals surface area contributed by atoms with Gasteiger partial charge in [-0.15, -0.1) is 0 Å². The molecule has 0 saturated heterocycles. The minimum Gasteiger partial charge on any atom is -0.314 e. The van der Waals surface area contributed by atoms with Crippen LogP contribution < -0.4 is 5.32 Å². The zero-order chi connectivity index (χ0) is 12.2. The van der Waals surface area contributed by atoms with Gasteiger partial charge in [-0.3, -0.25) is 0 Å². The summed E-state index contributed by atoms with van der Waals surface area (Å²) in [6.07, 6.45) is -0.0450. The first kappa shape index (κ1) is 13.8. The predicted octanol–water partition coefficient (Wildman–Crippen LogP) is 3.89. The van der Waals surface area contributed by atoms with Gasteiger partial charge < -0.3 is 5.32 Å². The molecule has 1 aliphatic rings. The van der Waals surface area contributed by atoms with Crippen molar-refractivity contribution in [2.45, 2.75) is 64.6 Å². The summed E-state index contributed by atoms with van der Waals surface area (Å²) in [6.45, 7) is 4.83. The van der Waals surface area contributed by atoms with E-state index in [-0.39, 0.29) is 17.9 Å². The van der Waals surface area contributed by atoms with Gasteiger partial charge in [0.15, 0.2) is 0 Å². The molecule has 0 aromatic heterocycles. The van der Waals surface area contributed by atoms with Crippen LogP contribution >= 0.6 is 0 Å². The Morgan fingerprint density at radius 2 is 1.81 bits per heavy atom. The van der Waals surface area contributed by atoms with E-state index in [1.165, 1.54) is 0 Å². The molecule has 0 aromatic carbocycles. The quantitative estimate of drug-likeness (QED) is 0.765. The monoisotopic (exact) mass is 237 g/mol. The number of nitrogens with one attached hydrogen (secondary N) is 1. The molecule has 96 valence electrons. The van der Waals surface area contributed by atoms with Crippen molar-refractivity contribution in [1.82, 2.24) is 5.32 Å². The van der Waals surface area contributed by atoms with Gasteiger partial charge in [-0.25, -0.2) is 0 Å². The summed E-state index contributed by atoms with van der Waals surface area (Å²) in [5.41, 5.74) is 0.0707. The molecular formula is C12H22F3N. The number of alkyl halides is 3. The van der Waals surface area contributed by atoms with Gasteiger partial charge in [0.2, 0.25) is 0 Å². The van der Waals surface area contributed by atoms with Gasteiger partial charge in [0.05, 0.1) is 0 Å². The molecular weight excluding hydrogens is 215 g/mol. The van der Waals surface area contributed by atoms with Gasteiger partial charge in [0, 0.05) is 12.5 Å². The van der Waals surface area contributed by atoms with Crippen LogP contribution in [0.3, 0.4) is 0 Å². The molecule has 1 fully saturated rings. The Morgan fingerprint density at radius 1 is 1.25 bits per heavy atom. The van der Waals surface area contributed by atoms with Crippen LogP contribution in [0.1, 0.15) is 52.4 Å². The fourth-order valence-electron chi connectivity index (χ4n) is 2.78. The van der Waals surface area contributed by atoms with Crippen LogP contribution in [-0.2, 0) is 0 Å². The maximum atomic E-state index is 12.2. The summed E-state index contributed by atoms with van der Waals surface area (Å²) in [5.74, 6) is 0. The van der Waals surface area contributed by atoms with E-state index in [1.54, 1.807) is 0 Å². The molecule has 0 amide bonds. The second kappa shape index (κ2) is 5.39. The minimum atomic E-state index is -4.03. The summed E-state index contributed by atoms with van der Waals surface area (Å²) in [4.78, 5) is 0. The van der Waals surface area contributed by atoms with Gasteiger partial charge in [0.25, 0.3) is 0 Å². The van der Waals surface area contributed by atoms with E-state index in [4.69, 9.17) is 0 Å². The molecule has 1 N–H and O–H groups in total. The average molecular weight is 237 g/mol. The van der Waals surface area contributed by atoms with E-state index in [0.29, 0.717) is 0 Å². The topological polar surface area (TPSA) is 12.0 Å². The van der Waals surface area contributed by atoms with E-state index in [9.17, 15) is 13.2 Å². The van der Waals surface area contributed by atoms with Crippen LogP contribution in [0.25, 0.3) is 0 Å². The first-order chi connectivity index (χ1) is 7.37. The van der Waals surface area contributed by atoms with Crippen LogP contribution in [0.4, 0.5) is 13.2 Å². The Labute approximate surface area is 95.8 Å². The third-order valence-corrected chi connectivity index (χ3v) is 3.75. The Morgan fingerprint density at radius 3 is 2.25 bits per heavy atom. The zero-order valence-electron chi connectivity index (χ0n) is 10.2. The molecule has 1 unspecified atom stereocenters. The van der Waals surface area contributed by atoms with Crippen LogP contribution in [0, 0.1) is 5.41 Å². The lowest BCUT2D eigenvalue weighted by molar-refractivity contribution is -0.138. The summed E-state index contributed by atoms with van der Waals surface area (Å²) < 4.78 is 36.7. The molecule has 1 nitrogen and oxygen atoms in total. The Kier molecular flexibility index (Phi) is 4.65. The van der Waals surface area contributed by atoms with Crippen molar-refractivity contribution >= 4 is 0 Å². The lowest BCUT2D eigenvalue weighted by Crippen LogP contribution is -2.42. The van der Waals surface area contributed by atoms with Crippen molar-refractivity contribution in [3.8, 4) is 0 Å². The van der Waals surface area contributed by atoms with Crippen LogP contribution in [0.5, 0.6) is 0 Å². The molecule has 0 aromatic rings. The SMILES string of the molecule is CCNC(CCC(F)(F)F)C1(C)CCCC1. The lowest BCUT2D eigenvalue weighted by Gasteiger charge is -2.35. The van der Waals surface area contributed by atoms with Gasteiger partial charge in [0.1, 0.15) is 0 Å². The van der Waals surface area contributed by atoms with Crippen molar-refractivity contribution in [1.29, 1.82) is 0 Å². The van der Waals surface area contributed by atoms with Crippen molar-refractivity contribution < 1.29 is 13.2 Å². The Bertz CT molecular complexity index is 207. The molecule has 0 radical (unpaired) electrons. The van der Waals surface area contributed by atoms with Gasteiger partial charge in [-0.1, -0.05) is 26.7 Å². The molecule has 4 heteroatoms. The maximum Gasteiger partial charge on any atom is 0.389 e. The molecule has 1 aliphatic carbocycles. The summed E-state index contributed by atoms with van der Waals surface area (Å²) >= 11 is 0. The molecule has 0 heterocycles. The second-order valence-corrected chi connectivity index (χ2v) is 5.13. The molecule has 0 bridgehead atoms. The molecule has 0 spiro atoms. The fourth-order valence-corrected chi connectivity index (χ4v) is 2.78. The predicted molar refractivity (Wildman–Crippen MR) is 59.3 cm³/mol. The third-order valence-electron chi connectivity index (χ3n) is 3.75.